The van der Waals surface area contributed by atoms with E-state index in [4.69, 9.17) is 11.6 Å². The van der Waals surface area contributed by atoms with Crippen LogP contribution in [0, 0.1) is 0 Å². The van der Waals surface area contributed by atoms with E-state index in [9.17, 15) is 0 Å². The second-order valence-corrected chi connectivity index (χ2v) is 6.08. The van der Waals surface area contributed by atoms with E-state index in [2.05, 4.69) is 32.3 Å². The second-order valence-electron chi connectivity index (χ2n) is 4.76. The lowest BCUT2D eigenvalue weighted by Crippen LogP contribution is -2.19. The minimum Gasteiger partial charge on any atom is -0.375 e. The highest BCUT2D eigenvalue weighted by Gasteiger charge is 2.21. The summed E-state index contributed by atoms with van der Waals surface area (Å²) in [5, 5.41) is 4.26. The van der Waals surface area contributed by atoms with Crippen molar-refractivity contribution >= 4 is 33.2 Å². The van der Waals surface area contributed by atoms with Gasteiger partial charge in [0.1, 0.15) is 0 Å². The molecule has 0 radical (unpaired) electrons. The number of pyridine rings is 1. The molecule has 0 bridgehead atoms. The minimum atomic E-state index is 0.247. The van der Waals surface area contributed by atoms with Crippen LogP contribution in [0.15, 0.2) is 41.0 Å². The molecule has 0 aliphatic heterocycles. The highest BCUT2D eigenvalue weighted by atomic mass is 79.9. The molecule has 4 heteroatoms. The van der Waals surface area contributed by atoms with Crippen LogP contribution < -0.4 is 5.32 Å². The van der Waals surface area contributed by atoms with E-state index in [1.54, 1.807) is 0 Å². The number of halogens is 2. The summed E-state index contributed by atoms with van der Waals surface area (Å²) in [5.74, 6) is 0. The molecule has 1 N–H and O–H groups in total. The minimum absolute atomic E-state index is 0.247. The van der Waals surface area contributed by atoms with Crippen molar-refractivity contribution < 1.29 is 0 Å². The Morgan fingerprint density at radius 3 is 3.11 bits per heavy atom. The average Bonchev–Trinajstić information content (AvgIpc) is 2.43. The van der Waals surface area contributed by atoms with Crippen molar-refractivity contribution in [2.45, 2.75) is 25.3 Å². The molecular weight excluding hydrogens is 324 g/mol. The van der Waals surface area contributed by atoms with Crippen LogP contribution in [0.4, 0.5) is 5.69 Å². The number of fused-ring (bicyclic) bond motifs is 1. The molecular formula is C15H14BrClN2. The topological polar surface area (TPSA) is 24.9 Å². The fourth-order valence-electron chi connectivity index (χ4n) is 2.55. The Morgan fingerprint density at radius 1 is 1.32 bits per heavy atom. The number of hydrogen-bond acceptors (Lipinski definition) is 2. The number of benzene rings is 1. The predicted molar refractivity (Wildman–Crippen MR) is 82.7 cm³/mol. The highest BCUT2D eigenvalue weighted by Crippen LogP contribution is 2.34. The highest BCUT2D eigenvalue weighted by molar-refractivity contribution is 9.10. The van der Waals surface area contributed by atoms with Gasteiger partial charge in [-0.25, -0.2) is 0 Å². The third-order valence-electron chi connectivity index (χ3n) is 3.45. The summed E-state index contributed by atoms with van der Waals surface area (Å²) in [6.45, 7) is 0. The predicted octanol–water partition coefficient (Wildman–Crippen LogP) is 4.99. The molecule has 1 aromatic carbocycles. The summed E-state index contributed by atoms with van der Waals surface area (Å²) in [6, 6.07) is 10.3. The average molecular weight is 338 g/mol. The van der Waals surface area contributed by atoms with Gasteiger partial charge < -0.3 is 5.32 Å². The molecule has 1 atom stereocenters. The Labute approximate surface area is 126 Å². The van der Waals surface area contributed by atoms with E-state index in [1.807, 2.05) is 30.5 Å². The maximum absolute atomic E-state index is 6.24. The summed E-state index contributed by atoms with van der Waals surface area (Å²) in [5.41, 5.74) is 3.46. The van der Waals surface area contributed by atoms with Crippen molar-refractivity contribution in [3.8, 4) is 0 Å². The molecule has 0 saturated heterocycles. The van der Waals surface area contributed by atoms with Gasteiger partial charge in [-0.05, 0) is 49.1 Å². The molecule has 0 saturated carbocycles. The standard InChI is InChI=1S/C15H14BrClN2/c16-11-6-7-12(17)14(9-11)19-13-5-1-3-10-4-2-8-18-15(10)13/h2,4,6-9,13,19H,1,3,5H2. The zero-order valence-corrected chi connectivity index (χ0v) is 12.7. The van der Waals surface area contributed by atoms with Gasteiger partial charge in [0, 0.05) is 10.7 Å². The van der Waals surface area contributed by atoms with E-state index in [1.165, 1.54) is 12.0 Å². The first kappa shape index (κ1) is 12.9. The van der Waals surface area contributed by atoms with Gasteiger partial charge in [-0.15, -0.1) is 0 Å². The summed E-state index contributed by atoms with van der Waals surface area (Å²) < 4.78 is 1.02. The van der Waals surface area contributed by atoms with Crippen molar-refractivity contribution in [2.24, 2.45) is 0 Å². The number of hydrogen-bond donors (Lipinski definition) is 1. The largest absolute Gasteiger partial charge is 0.375 e. The number of rotatable bonds is 2. The summed E-state index contributed by atoms with van der Waals surface area (Å²) >= 11 is 9.72. The van der Waals surface area contributed by atoms with E-state index in [-0.39, 0.29) is 6.04 Å². The van der Waals surface area contributed by atoms with Crippen molar-refractivity contribution in [2.75, 3.05) is 5.32 Å². The second kappa shape index (κ2) is 5.51. The first-order valence-corrected chi connectivity index (χ1v) is 7.56. The molecule has 1 aliphatic carbocycles. The smallest absolute Gasteiger partial charge is 0.0688 e. The lowest BCUT2D eigenvalue weighted by Gasteiger charge is -2.26. The Kier molecular flexibility index (Phi) is 3.76. The fourth-order valence-corrected chi connectivity index (χ4v) is 3.08. The first-order valence-electron chi connectivity index (χ1n) is 6.39. The zero-order valence-electron chi connectivity index (χ0n) is 10.4. The zero-order chi connectivity index (χ0) is 13.2. The monoisotopic (exact) mass is 336 g/mol. The van der Waals surface area contributed by atoms with Gasteiger partial charge in [0.25, 0.3) is 0 Å². The molecule has 98 valence electrons. The van der Waals surface area contributed by atoms with Gasteiger partial charge >= 0.3 is 0 Å². The van der Waals surface area contributed by atoms with Crippen LogP contribution >= 0.6 is 27.5 Å². The molecule has 1 unspecified atom stereocenters. The van der Waals surface area contributed by atoms with Crippen LogP contribution in [0.3, 0.4) is 0 Å². The Morgan fingerprint density at radius 2 is 2.21 bits per heavy atom. The molecule has 3 rings (SSSR count). The molecule has 0 fully saturated rings. The number of aromatic nitrogens is 1. The van der Waals surface area contributed by atoms with Crippen LogP contribution in [-0.4, -0.2) is 4.98 Å². The summed E-state index contributed by atoms with van der Waals surface area (Å²) in [4.78, 5) is 4.53. The van der Waals surface area contributed by atoms with Crippen LogP contribution in [0.25, 0.3) is 0 Å². The SMILES string of the molecule is Clc1ccc(Br)cc1NC1CCCc2cccnc21. The quantitative estimate of drug-likeness (QED) is 0.835. The summed E-state index contributed by atoms with van der Waals surface area (Å²) in [6.07, 6.45) is 5.25. The van der Waals surface area contributed by atoms with Gasteiger partial charge in [0.05, 0.1) is 22.4 Å². The normalized spacial score (nSPS) is 17.9. The van der Waals surface area contributed by atoms with Gasteiger partial charge in [-0.2, -0.15) is 0 Å². The number of nitrogens with zero attached hydrogens (tertiary/aromatic N) is 1. The number of nitrogens with one attached hydrogen (secondary N) is 1. The number of anilines is 1. The van der Waals surface area contributed by atoms with Crippen LogP contribution in [0.1, 0.15) is 30.1 Å². The van der Waals surface area contributed by atoms with Gasteiger partial charge in [0.15, 0.2) is 0 Å². The molecule has 0 amide bonds. The maximum Gasteiger partial charge on any atom is 0.0688 e. The van der Waals surface area contributed by atoms with Crippen molar-refractivity contribution in [3.05, 3.63) is 57.3 Å². The third kappa shape index (κ3) is 2.77. The fraction of sp³-hybridized carbons (Fsp3) is 0.267. The lowest BCUT2D eigenvalue weighted by atomic mass is 9.92. The first-order chi connectivity index (χ1) is 9.24. The van der Waals surface area contributed by atoms with E-state index >= 15 is 0 Å². The van der Waals surface area contributed by atoms with E-state index < -0.39 is 0 Å². The Bertz CT molecular complexity index is 600. The maximum atomic E-state index is 6.24. The molecule has 0 spiro atoms. The lowest BCUT2D eigenvalue weighted by molar-refractivity contribution is 0.583. The molecule has 1 heterocycles. The molecule has 1 aliphatic rings. The van der Waals surface area contributed by atoms with Crippen LogP contribution in [0.2, 0.25) is 5.02 Å². The van der Waals surface area contributed by atoms with Crippen molar-refractivity contribution in [1.29, 1.82) is 0 Å². The van der Waals surface area contributed by atoms with E-state index in [0.717, 1.165) is 33.7 Å². The van der Waals surface area contributed by atoms with Crippen LogP contribution in [-0.2, 0) is 6.42 Å². The third-order valence-corrected chi connectivity index (χ3v) is 4.28. The molecule has 1 aromatic heterocycles. The molecule has 19 heavy (non-hydrogen) atoms. The Hall–Kier alpha value is -1.06. The van der Waals surface area contributed by atoms with Crippen LogP contribution in [0.5, 0.6) is 0 Å². The van der Waals surface area contributed by atoms with E-state index in [0.29, 0.717) is 0 Å². The molecule has 2 aromatic rings. The van der Waals surface area contributed by atoms with Crippen molar-refractivity contribution in [1.82, 2.24) is 4.98 Å². The number of aryl methyl sites for hydroxylation is 1. The van der Waals surface area contributed by atoms with Crippen molar-refractivity contribution in [3.63, 3.8) is 0 Å². The van der Waals surface area contributed by atoms with Gasteiger partial charge in [-0.1, -0.05) is 33.6 Å². The summed E-state index contributed by atoms with van der Waals surface area (Å²) in [7, 11) is 0. The Balaban J connectivity index is 1.90. The van der Waals surface area contributed by atoms with Gasteiger partial charge in [-0.3, -0.25) is 4.98 Å². The molecule has 2 nitrogen and oxygen atoms in total. The van der Waals surface area contributed by atoms with Gasteiger partial charge in [0.2, 0.25) is 0 Å².